The highest BCUT2D eigenvalue weighted by atomic mass is 19.1. The molecule has 4 heteroatoms. The van der Waals surface area contributed by atoms with Crippen molar-refractivity contribution in [1.82, 2.24) is 9.55 Å². The van der Waals surface area contributed by atoms with E-state index in [0.29, 0.717) is 23.6 Å². The fraction of sp³-hybridized carbons (Fsp3) is 0.267. The van der Waals surface area contributed by atoms with E-state index in [4.69, 9.17) is 5.73 Å². The van der Waals surface area contributed by atoms with Gasteiger partial charge >= 0.3 is 0 Å². The van der Waals surface area contributed by atoms with Crippen LogP contribution in [-0.4, -0.2) is 9.55 Å². The number of hydrogen-bond acceptors (Lipinski definition) is 2. The van der Waals surface area contributed by atoms with Crippen LogP contribution < -0.4 is 5.73 Å². The number of nitrogens with two attached hydrogens (primary N) is 1. The number of imidazole rings is 1. The topological polar surface area (TPSA) is 43.8 Å². The third kappa shape index (κ3) is 2.38. The van der Waals surface area contributed by atoms with E-state index in [0.717, 1.165) is 5.82 Å². The lowest BCUT2D eigenvalue weighted by Gasteiger charge is -2.09. The Kier molecular flexibility index (Phi) is 3.69. The summed E-state index contributed by atoms with van der Waals surface area (Å²) in [4.78, 5) is 4.51. The zero-order valence-electron chi connectivity index (χ0n) is 11.2. The van der Waals surface area contributed by atoms with Crippen LogP contribution in [0.1, 0.15) is 25.6 Å². The van der Waals surface area contributed by atoms with Gasteiger partial charge in [0.2, 0.25) is 0 Å². The lowest BCUT2D eigenvalue weighted by molar-refractivity contribution is 0.631. The Morgan fingerprint density at radius 1 is 1.42 bits per heavy atom. The molecule has 1 aromatic carbocycles. The molecule has 0 unspecified atom stereocenters. The lowest BCUT2D eigenvalue weighted by Crippen LogP contribution is -2.07. The third-order valence-corrected chi connectivity index (χ3v) is 2.99. The molecule has 0 atom stereocenters. The molecule has 19 heavy (non-hydrogen) atoms. The quantitative estimate of drug-likeness (QED) is 0.853. The molecule has 0 aliphatic rings. The molecule has 0 fully saturated rings. The molecule has 3 nitrogen and oxygen atoms in total. The van der Waals surface area contributed by atoms with Crippen LogP contribution in [-0.2, 0) is 6.54 Å². The molecule has 100 valence electrons. The van der Waals surface area contributed by atoms with E-state index < -0.39 is 0 Å². The molecule has 0 bridgehead atoms. The molecule has 0 aliphatic heterocycles. The minimum absolute atomic E-state index is 0.211. The van der Waals surface area contributed by atoms with Gasteiger partial charge in [0.1, 0.15) is 23.2 Å². The summed E-state index contributed by atoms with van der Waals surface area (Å²) < 4.78 is 15.7. The number of allylic oxidation sites excluding steroid dienone is 1. The van der Waals surface area contributed by atoms with E-state index in [-0.39, 0.29) is 11.7 Å². The Bertz CT molecular complexity index is 599. The second kappa shape index (κ2) is 5.26. The molecule has 1 heterocycles. The molecule has 2 rings (SSSR count). The SMILES string of the molecule is C=CCn1c(C(C)C)nc(-c2ccccc2F)c1N. The van der Waals surface area contributed by atoms with E-state index in [1.807, 2.05) is 18.4 Å². The van der Waals surface area contributed by atoms with Crippen molar-refractivity contribution >= 4 is 5.82 Å². The van der Waals surface area contributed by atoms with Gasteiger partial charge in [-0.2, -0.15) is 0 Å². The van der Waals surface area contributed by atoms with Gasteiger partial charge in [-0.3, -0.25) is 0 Å². The van der Waals surface area contributed by atoms with Crippen LogP contribution in [0.5, 0.6) is 0 Å². The van der Waals surface area contributed by atoms with Crippen LogP contribution in [0.2, 0.25) is 0 Å². The Hall–Kier alpha value is -2.10. The summed E-state index contributed by atoms with van der Waals surface area (Å²) in [5.41, 5.74) is 7.05. The molecule has 0 saturated carbocycles. The van der Waals surface area contributed by atoms with Crippen molar-refractivity contribution < 1.29 is 4.39 Å². The predicted molar refractivity (Wildman–Crippen MR) is 76.3 cm³/mol. The van der Waals surface area contributed by atoms with E-state index in [9.17, 15) is 4.39 Å². The Labute approximate surface area is 112 Å². The first-order chi connectivity index (χ1) is 9.06. The first-order valence-corrected chi connectivity index (χ1v) is 6.28. The highest BCUT2D eigenvalue weighted by Gasteiger charge is 2.19. The number of anilines is 1. The molecule has 0 amide bonds. The summed E-state index contributed by atoms with van der Waals surface area (Å²) in [5.74, 6) is 1.22. The zero-order chi connectivity index (χ0) is 14.0. The van der Waals surface area contributed by atoms with Crippen molar-refractivity contribution in [1.29, 1.82) is 0 Å². The fourth-order valence-electron chi connectivity index (χ4n) is 2.10. The molecule has 0 aliphatic carbocycles. The normalized spacial score (nSPS) is 10.9. The van der Waals surface area contributed by atoms with E-state index in [1.165, 1.54) is 6.07 Å². The molecular formula is C15H18FN3. The van der Waals surface area contributed by atoms with Crippen molar-refractivity contribution in [2.45, 2.75) is 26.3 Å². The maximum Gasteiger partial charge on any atom is 0.132 e. The Morgan fingerprint density at radius 2 is 2.11 bits per heavy atom. The van der Waals surface area contributed by atoms with Crippen LogP contribution in [0.4, 0.5) is 10.2 Å². The number of halogens is 1. The van der Waals surface area contributed by atoms with Gasteiger partial charge < -0.3 is 10.3 Å². The average molecular weight is 259 g/mol. The van der Waals surface area contributed by atoms with Crippen molar-refractivity contribution in [3.63, 3.8) is 0 Å². The molecular weight excluding hydrogens is 241 g/mol. The number of rotatable bonds is 4. The van der Waals surface area contributed by atoms with Crippen molar-refractivity contribution in [3.8, 4) is 11.3 Å². The maximum absolute atomic E-state index is 13.9. The van der Waals surface area contributed by atoms with Gasteiger partial charge in [0.15, 0.2) is 0 Å². The number of nitrogens with zero attached hydrogens (tertiary/aromatic N) is 2. The van der Waals surface area contributed by atoms with Gasteiger partial charge in [0, 0.05) is 18.0 Å². The van der Waals surface area contributed by atoms with Crippen LogP contribution in [0.3, 0.4) is 0 Å². The Morgan fingerprint density at radius 3 is 2.68 bits per heavy atom. The smallest absolute Gasteiger partial charge is 0.132 e. The van der Waals surface area contributed by atoms with Gasteiger partial charge in [-0.25, -0.2) is 9.37 Å². The molecule has 1 aromatic heterocycles. The molecule has 0 saturated heterocycles. The summed E-state index contributed by atoms with van der Waals surface area (Å²) in [7, 11) is 0. The van der Waals surface area contributed by atoms with Gasteiger partial charge in [0.05, 0.1) is 0 Å². The van der Waals surface area contributed by atoms with Crippen LogP contribution in [0.15, 0.2) is 36.9 Å². The van der Waals surface area contributed by atoms with Crippen molar-refractivity contribution in [2.75, 3.05) is 5.73 Å². The van der Waals surface area contributed by atoms with Gasteiger partial charge in [-0.05, 0) is 12.1 Å². The first kappa shape index (κ1) is 13.3. The molecule has 0 spiro atoms. The third-order valence-electron chi connectivity index (χ3n) is 2.99. The average Bonchev–Trinajstić information content (AvgIpc) is 2.69. The second-order valence-electron chi connectivity index (χ2n) is 4.74. The number of benzene rings is 1. The monoisotopic (exact) mass is 259 g/mol. The van der Waals surface area contributed by atoms with E-state index in [2.05, 4.69) is 11.6 Å². The second-order valence-corrected chi connectivity index (χ2v) is 4.74. The van der Waals surface area contributed by atoms with Crippen LogP contribution in [0.25, 0.3) is 11.3 Å². The van der Waals surface area contributed by atoms with E-state index in [1.54, 1.807) is 24.3 Å². The van der Waals surface area contributed by atoms with Crippen LogP contribution >= 0.6 is 0 Å². The molecule has 2 aromatic rings. The maximum atomic E-state index is 13.9. The summed E-state index contributed by atoms with van der Waals surface area (Å²) >= 11 is 0. The largest absolute Gasteiger partial charge is 0.383 e. The summed E-state index contributed by atoms with van der Waals surface area (Å²) in [6.45, 7) is 8.36. The van der Waals surface area contributed by atoms with Crippen molar-refractivity contribution in [3.05, 3.63) is 48.6 Å². The fourth-order valence-corrected chi connectivity index (χ4v) is 2.10. The predicted octanol–water partition coefficient (Wildman–Crippen LogP) is 3.58. The van der Waals surface area contributed by atoms with Gasteiger partial charge in [-0.15, -0.1) is 6.58 Å². The van der Waals surface area contributed by atoms with Crippen LogP contribution in [0, 0.1) is 5.82 Å². The lowest BCUT2D eigenvalue weighted by atomic mass is 10.1. The highest BCUT2D eigenvalue weighted by molar-refractivity contribution is 5.71. The summed E-state index contributed by atoms with van der Waals surface area (Å²) in [6, 6.07) is 6.53. The Balaban J connectivity index is 2.62. The highest BCUT2D eigenvalue weighted by Crippen LogP contribution is 2.30. The number of hydrogen-bond donors (Lipinski definition) is 1. The van der Waals surface area contributed by atoms with Gasteiger partial charge in [-0.1, -0.05) is 32.1 Å². The molecule has 0 radical (unpaired) electrons. The van der Waals surface area contributed by atoms with Crippen molar-refractivity contribution in [2.24, 2.45) is 0 Å². The zero-order valence-corrected chi connectivity index (χ0v) is 11.2. The first-order valence-electron chi connectivity index (χ1n) is 6.28. The van der Waals surface area contributed by atoms with E-state index >= 15 is 0 Å². The number of aromatic nitrogens is 2. The summed E-state index contributed by atoms with van der Waals surface area (Å²) in [5, 5.41) is 0. The minimum Gasteiger partial charge on any atom is -0.383 e. The standard InChI is InChI=1S/C15H18FN3/c1-4-9-19-14(17)13(18-15(19)10(2)3)11-7-5-6-8-12(11)16/h4-8,10H,1,9,17H2,2-3H3. The number of nitrogen functional groups attached to an aromatic ring is 1. The minimum atomic E-state index is -0.312. The summed E-state index contributed by atoms with van der Waals surface area (Å²) in [6.07, 6.45) is 1.76. The van der Waals surface area contributed by atoms with Gasteiger partial charge in [0.25, 0.3) is 0 Å². The molecule has 2 N–H and O–H groups in total.